The Hall–Kier alpha value is -1.75. The number of carbonyl (C=O) groups is 2. The highest BCUT2D eigenvalue weighted by atomic mass is 35.5. The number of nitrogens with zero attached hydrogens (tertiary/aromatic N) is 1. The van der Waals surface area contributed by atoms with Crippen molar-refractivity contribution < 1.29 is 14.7 Å². The monoisotopic (exact) mass is 312 g/mol. The lowest BCUT2D eigenvalue weighted by Gasteiger charge is -2.30. The number of rotatable bonds is 6. The summed E-state index contributed by atoms with van der Waals surface area (Å²) in [5, 5.41) is 12.3. The van der Waals surface area contributed by atoms with Gasteiger partial charge in [0.05, 0.1) is 0 Å². The topological polar surface area (TPSA) is 69.6 Å². The average Bonchev–Trinajstić information content (AvgIpc) is 2.34. The van der Waals surface area contributed by atoms with Gasteiger partial charge in [-0.3, -0.25) is 9.69 Å². The maximum atomic E-state index is 12.4. The first-order valence-corrected chi connectivity index (χ1v) is 7.20. The highest BCUT2D eigenvalue weighted by molar-refractivity contribution is 6.30. The highest BCUT2D eigenvalue weighted by Crippen LogP contribution is 2.20. The molecule has 0 aromatic heterocycles. The number of hydrogen-bond acceptors (Lipinski definition) is 2. The normalized spacial score (nSPS) is 11.0. The van der Waals surface area contributed by atoms with Gasteiger partial charge in [-0.25, -0.2) is 4.79 Å². The smallest absolute Gasteiger partial charge is 0.323 e. The third-order valence-electron chi connectivity index (χ3n) is 2.98. The number of carbonyl (C=O) groups excluding carboxylic acids is 1. The van der Waals surface area contributed by atoms with E-state index in [-0.39, 0.29) is 0 Å². The summed E-state index contributed by atoms with van der Waals surface area (Å²) in [5.41, 5.74) is 0.0518. The lowest BCUT2D eigenvalue weighted by molar-refractivity contribution is -0.135. The van der Waals surface area contributed by atoms with E-state index in [2.05, 4.69) is 5.32 Å². The lowest BCUT2D eigenvalue weighted by atomic mass is 9.99. The highest BCUT2D eigenvalue weighted by Gasteiger charge is 2.25. The van der Waals surface area contributed by atoms with Crippen molar-refractivity contribution in [3.8, 4) is 0 Å². The molecule has 2 amide bonds. The van der Waals surface area contributed by atoms with Crippen molar-refractivity contribution in [1.29, 1.82) is 0 Å². The van der Waals surface area contributed by atoms with Crippen LogP contribution in [0.3, 0.4) is 0 Å². The number of carboxylic acids is 1. The Bertz CT molecular complexity index is 517. The molecule has 116 valence electrons. The first-order valence-electron chi connectivity index (χ1n) is 6.82. The summed E-state index contributed by atoms with van der Waals surface area (Å²) in [6, 6.07) is 6.12. The van der Waals surface area contributed by atoms with Gasteiger partial charge >= 0.3 is 12.0 Å². The molecule has 0 unspecified atom stereocenters. The quantitative estimate of drug-likeness (QED) is 0.844. The second-order valence-electron chi connectivity index (χ2n) is 5.52. The molecule has 21 heavy (non-hydrogen) atoms. The number of halogens is 1. The van der Waals surface area contributed by atoms with Gasteiger partial charge in [0.1, 0.15) is 6.54 Å². The third kappa shape index (κ3) is 5.63. The van der Waals surface area contributed by atoms with Gasteiger partial charge in [-0.2, -0.15) is 0 Å². The van der Waals surface area contributed by atoms with E-state index in [4.69, 9.17) is 16.7 Å². The summed E-state index contributed by atoms with van der Waals surface area (Å²) in [7, 11) is 0. The zero-order valence-corrected chi connectivity index (χ0v) is 13.3. The number of hydrogen-bond donors (Lipinski definition) is 2. The number of carboxylic acid groups (broad SMARTS) is 1. The zero-order chi connectivity index (χ0) is 16.0. The van der Waals surface area contributed by atoms with E-state index < -0.39 is 24.1 Å². The van der Waals surface area contributed by atoms with Crippen LogP contribution in [-0.2, 0) is 4.79 Å². The predicted octanol–water partition coefficient (Wildman–Crippen LogP) is 3.52. The minimum absolute atomic E-state index is 0.402. The molecule has 1 aromatic rings. The van der Waals surface area contributed by atoms with Crippen LogP contribution in [0.5, 0.6) is 0 Å². The van der Waals surface area contributed by atoms with Gasteiger partial charge in [0.2, 0.25) is 0 Å². The van der Waals surface area contributed by atoms with Crippen LogP contribution in [0.1, 0.15) is 33.6 Å². The van der Waals surface area contributed by atoms with Gasteiger partial charge in [-0.15, -0.1) is 0 Å². The van der Waals surface area contributed by atoms with Crippen molar-refractivity contribution in [3.63, 3.8) is 0 Å². The van der Waals surface area contributed by atoms with Crippen LogP contribution in [0.2, 0.25) is 5.02 Å². The Balaban J connectivity index is 2.97. The largest absolute Gasteiger partial charge is 0.480 e. The number of aliphatic carboxylic acids is 1. The summed E-state index contributed by atoms with van der Waals surface area (Å²) in [6.45, 7) is 5.42. The van der Waals surface area contributed by atoms with E-state index >= 15 is 0 Å². The molecular formula is C15H21ClN2O3. The van der Waals surface area contributed by atoms with Crippen molar-refractivity contribution in [2.45, 2.75) is 39.2 Å². The first kappa shape index (κ1) is 17.3. The van der Waals surface area contributed by atoms with Crippen molar-refractivity contribution in [3.05, 3.63) is 29.3 Å². The summed E-state index contributed by atoms with van der Waals surface area (Å²) in [4.78, 5) is 24.6. The van der Waals surface area contributed by atoms with E-state index in [0.717, 1.165) is 12.8 Å². The van der Waals surface area contributed by atoms with Crippen LogP contribution >= 0.6 is 11.6 Å². The van der Waals surface area contributed by atoms with Gasteiger partial charge < -0.3 is 10.4 Å². The number of amides is 2. The van der Waals surface area contributed by atoms with Crippen LogP contribution in [-0.4, -0.2) is 29.2 Å². The molecule has 5 nitrogen and oxygen atoms in total. The fourth-order valence-corrected chi connectivity index (χ4v) is 2.29. The van der Waals surface area contributed by atoms with Crippen molar-refractivity contribution in [2.24, 2.45) is 0 Å². The summed E-state index contributed by atoms with van der Waals surface area (Å²) >= 11 is 5.91. The minimum Gasteiger partial charge on any atom is -0.480 e. The van der Waals surface area contributed by atoms with Crippen molar-refractivity contribution in [1.82, 2.24) is 5.32 Å². The summed E-state index contributed by atoms with van der Waals surface area (Å²) < 4.78 is 0. The molecule has 2 N–H and O–H groups in total. The third-order valence-corrected chi connectivity index (χ3v) is 3.21. The lowest BCUT2D eigenvalue weighted by Crippen LogP contribution is -2.51. The molecule has 0 aliphatic carbocycles. The predicted molar refractivity (Wildman–Crippen MR) is 84.0 cm³/mol. The van der Waals surface area contributed by atoms with Gasteiger partial charge in [0.15, 0.2) is 0 Å². The molecule has 0 heterocycles. The van der Waals surface area contributed by atoms with E-state index in [1.807, 2.05) is 20.8 Å². The standard InChI is InChI=1S/C15H21ClN2O3/c1-4-8-15(2,3)17-14(21)18(10-13(19)20)12-7-5-6-11(16)9-12/h5-7,9H,4,8,10H2,1-3H3,(H,17,21)(H,19,20). The summed E-state index contributed by atoms with van der Waals surface area (Å²) in [6.07, 6.45) is 1.72. The minimum atomic E-state index is -1.08. The Morgan fingerprint density at radius 3 is 2.57 bits per heavy atom. The van der Waals surface area contributed by atoms with E-state index in [1.165, 1.54) is 4.90 Å². The Kier molecular flexibility index (Phi) is 6.03. The number of nitrogens with one attached hydrogen (secondary N) is 1. The molecule has 0 spiro atoms. The van der Waals surface area contributed by atoms with E-state index in [9.17, 15) is 9.59 Å². The first-order chi connectivity index (χ1) is 9.75. The zero-order valence-electron chi connectivity index (χ0n) is 12.5. The molecule has 0 aliphatic heterocycles. The molecule has 0 fully saturated rings. The molecule has 0 saturated carbocycles. The maximum Gasteiger partial charge on any atom is 0.323 e. The fraction of sp³-hybridized carbons (Fsp3) is 0.467. The molecular weight excluding hydrogens is 292 g/mol. The Morgan fingerprint density at radius 1 is 1.38 bits per heavy atom. The molecule has 0 aliphatic rings. The maximum absolute atomic E-state index is 12.4. The fourth-order valence-electron chi connectivity index (χ4n) is 2.10. The van der Waals surface area contributed by atoms with Crippen LogP contribution in [0.4, 0.5) is 10.5 Å². The van der Waals surface area contributed by atoms with Crippen molar-refractivity contribution in [2.75, 3.05) is 11.4 Å². The number of benzene rings is 1. The summed E-state index contributed by atoms with van der Waals surface area (Å²) in [5.74, 6) is -1.08. The second kappa shape index (κ2) is 7.31. The molecule has 0 radical (unpaired) electrons. The van der Waals surface area contributed by atoms with Gasteiger partial charge in [0, 0.05) is 16.2 Å². The number of urea groups is 1. The van der Waals surface area contributed by atoms with Gasteiger partial charge in [-0.1, -0.05) is 31.0 Å². The molecule has 1 rings (SSSR count). The van der Waals surface area contributed by atoms with E-state index in [1.54, 1.807) is 24.3 Å². The Labute approximate surface area is 129 Å². The molecule has 6 heteroatoms. The number of anilines is 1. The van der Waals surface area contributed by atoms with Gasteiger partial charge in [-0.05, 0) is 38.5 Å². The van der Waals surface area contributed by atoms with Crippen LogP contribution in [0.25, 0.3) is 0 Å². The average molecular weight is 313 g/mol. The van der Waals surface area contributed by atoms with Gasteiger partial charge in [0.25, 0.3) is 0 Å². The molecule has 0 atom stereocenters. The van der Waals surface area contributed by atoms with E-state index in [0.29, 0.717) is 10.7 Å². The molecule has 1 aromatic carbocycles. The van der Waals surface area contributed by atoms with Crippen LogP contribution < -0.4 is 10.2 Å². The Morgan fingerprint density at radius 2 is 2.05 bits per heavy atom. The second-order valence-corrected chi connectivity index (χ2v) is 5.96. The van der Waals surface area contributed by atoms with Crippen LogP contribution in [0, 0.1) is 0 Å². The molecule has 0 saturated heterocycles. The molecule has 0 bridgehead atoms. The van der Waals surface area contributed by atoms with Crippen LogP contribution in [0.15, 0.2) is 24.3 Å². The van der Waals surface area contributed by atoms with Crippen molar-refractivity contribution >= 4 is 29.3 Å². The SMILES string of the molecule is CCCC(C)(C)NC(=O)N(CC(=O)O)c1cccc(Cl)c1.